The van der Waals surface area contributed by atoms with Crippen LogP contribution in [0.25, 0.3) is 0 Å². The van der Waals surface area contributed by atoms with E-state index >= 15 is 0 Å². The van der Waals surface area contributed by atoms with Gasteiger partial charge in [0.05, 0.1) is 25.4 Å². The molecule has 268 valence electrons. The fourth-order valence-corrected chi connectivity index (χ4v) is 7.29. The van der Waals surface area contributed by atoms with Crippen molar-refractivity contribution >= 4 is 5.91 Å². The maximum absolute atomic E-state index is 12.5. The number of hydrogen-bond acceptors (Lipinski definition) is 6. The third-order valence-electron chi connectivity index (χ3n) is 10.5. The lowest BCUT2D eigenvalue weighted by molar-refractivity contribution is -0.276. The van der Waals surface area contributed by atoms with E-state index in [9.17, 15) is 15.0 Å². The second kappa shape index (κ2) is 21.7. The highest BCUT2D eigenvalue weighted by Crippen LogP contribution is 2.42. The first-order valence-electron chi connectivity index (χ1n) is 19.2. The third-order valence-corrected chi connectivity index (χ3v) is 10.5. The molecule has 7 heteroatoms. The van der Waals surface area contributed by atoms with E-state index < -0.39 is 6.29 Å². The second-order valence-corrected chi connectivity index (χ2v) is 14.3. The van der Waals surface area contributed by atoms with Crippen LogP contribution in [0, 0.1) is 5.92 Å². The zero-order valence-corrected chi connectivity index (χ0v) is 29.9. The number of benzene rings is 2. The van der Waals surface area contributed by atoms with Gasteiger partial charge in [-0.1, -0.05) is 139 Å². The minimum Gasteiger partial charge on any atom is -0.395 e. The number of carbonyl (C=O) groups is 1. The summed E-state index contributed by atoms with van der Waals surface area (Å²) >= 11 is 0. The highest BCUT2D eigenvalue weighted by atomic mass is 16.7. The molecule has 2 fully saturated rings. The summed E-state index contributed by atoms with van der Waals surface area (Å²) in [6.45, 7) is 6.87. The zero-order chi connectivity index (χ0) is 34.0. The molecule has 7 nitrogen and oxygen atoms in total. The molecule has 2 aliphatic heterocycles. The highest BCUT2D eigenvalue weighted by Gasteiger charge is 2.40. The van der Waals surface area contributed by atoms with Crippen LogP contribution < -0.4 is 5.32 Å². The van der Waals surface area contributed by atoms with Crippen LogP contribution in [0.4, 0.5) is 0 Å². The quantitative estimate of drug-likeness (QED) is 0.109. The minimum absolute atomic E-state index is 0.0134. The molecule has 2 aliphatic rings. The van der Waals surface area contributed by atoms with Gasteiger partial charge >= 0.3 is 0 Å². The molecular weight excluding hydrogens is 600 g/mol. The number of nitrogens with one attached hydrogen (secondary N) is 1. The molecule has 0 bridgehead atoms. The Kier molecular flexibility index (Phi) is 17.4. The molecule has 0 spiro atoms. The molecule has 48 heavy (non-hydrogen) atoms. The van der Waals surface area contributed by atoms with E-state index in [1.807, 2.05) is 48.5 Å². The minimum atomic E-state index is -0.525. The van der Waals surface area contributed by atoms with Crippen molar-refractivity contribution in [2.45, 2.75) is 154 Å². The van der Waals surface area contributed by atoms with Crippen molar-refractivity contribution in [2.24, 2.45) is 5.92 Å². The summed E-state index contributed by atoms with van der Waals surface area (Å²) in [4.78, 5) is 14.9. The Morgan fingerprint density at radius 3 is 1.98 bits per heavy atom. The number of aliphatic hydroxyl groups excluding tert-OH is 2. The van der Waals surface area contributed by atoms with Gasteiger partial charge in [-0.25, -0.2) is 0 Å². The van der Waals surface area contributed by atoms with Crippen LogP contribution in [0.5, 0.6) is 0 Å². The first-order valence-corrected chi connectivity index (χ1v) is 19.2. The smallest absolute Gasteiger partial charge is 0.220 e. The number of nitrogens with zero attached hydrogens (tertiary/aromatic N) is 1. The van der Waals surface area contributed by atoms with E-state index in [-0.39, 0.29) is 43.3 Å². The van der Waals surface area contributed by atoms with Crippen molar-refractivity contribution in [3.05, 3.63) is 70.8 Å². The maximum Gasteiger partial charge on any atom is 0.220 e. The van der Waals surface area contributed by atoms with Crippen LogP contribution in [0.3, 0.4) is 0 Å². The van der Waals surface area contributed by atoms with Gasteiger partial charge in [-0.05, 0) is 42.5 Å². The van der Waals surface area contributed by atoms with Crippen LogP contribution in [-0.4, -0.2) is 52.9 Å². The van der Waals surface area contributed by atoms with Crippen molar-refractivity contribution in [1.82, 2.24) is 10.2 Å². The number of ether oxygens (including phenoxy) is 2. The molecule has 1 amide bonds. The molecule has 0 saturated carbocycles. The van der Waals surface area contributed by atoms with Crippen molar-refractivity contribution in [3.63, 3.8) is 0 Å². The predicted molar refractivity (Wildman–Crippen MR) is 193 cm³/mol. The number of unbranched alkanes of at least 4 members (excludes halogenated alkanes) is 12. The molecule has 4 rings (SSSR count). The Hall–Kier alpha value is -2.29. The van der Waals surface area contributed by atoms with Crippen molar-refractivity contribution in [3.8, 4) is 0 Å². The topological polar surface area (TPSA) is 91.3 Å². The fourth-order valence-electron chi connectivity index (χ4n) is 7.29. The first kappa shape index (κ1) is 38.5. The van der Waals surface area contributed by atoms with Crippen LogP contribution in [-0.2, 0) is 27.4 Å². The monoisotopic (exact) mass is 664 g/mol. The molecule has 2 aromatic rings. The Morgan fingerprint density at radius 2 is 1.38 bits per heavy atom. The average Bonchev–Trinajstić information content (AvgIpc) is 3.57. The van der Waals surface area contributed by atoms with E-state index in [0.29, 0.717) is 13.0 Å². The molecule has 0 radical (unpaired) electrons. The van der Waals surface area contributed by atoms with Crippen molar-refractivity contribution in [1.29, 1.82) is 0 Å². The highest BCUT2D eigenvalue weighted by molar-refractivity contribution is 5.75. The summed E-state index contributed by atoms with van der Waals surface area (Å²) in [5, 5.41) is 22.6. The van der Waals surface area contributed by atoms with Gasteiger partial charge < -0.3 is 25.0 Å². The third kappa shape index (κ3) is 12.5. The van der Waals surface area contributed by atoms with E-state index in [1.54, 1.807) is 0 Å². The van der Waals surface area contributed by atoms with Crippen LogP contribution in [0.15, 0.2) is 48.5 Å². The lowest BCUT2D eigenvalue weighted by atomic mass is 9.90. The summed E-state index contributed by atoms with van der Waals surface area (Å²) < 4.78 is 13.3. The first-order chi connectivity index (χ1) is 23.5. The van der Waals surface area contributed by atoms with E-state index in [0.717, 1.165) is 61.0 Å². The van der Waals surface area contributed by atoms with Crippen molar-refractivity contribution < 1.29 is 24.5 Å². The molecule has 2 saturated heterocycles. The lowest BCUT2D eigenvalue weighted by Gasteiger charge is -2.43. The number of aliphatic hydroxyl groups is 2. The average molecular weight is 665 g/mol. The second-order valence-electron chi connectivity index (χ2n) is 14.3. The summed E-state index contributed by atoms with van der Waals surface area (Å²) in [7, 11) is 0. The number of rotatable bonds is 22. The molecule has 5 unspecified atom stereocenters. The Labute approximate surface area is 290 Å². The molecule has 3 N–H and O–H groups in total. The van der Waals surface area contributed by atoms with Crippen molar-refractivity contribution in [2.75, 3.05) is 19.7 Å². The summed E-state index contributed by atoms with van der Waals surface area (Å²) in [6, 6.07) is 16.4. The van der Waals surface area contributed by atoms with Gasteiger partial charge in [0.2, 0.25) is 5.91 Å². The SMILES string of the molecule is CCCCCCCCCCCCCCCC(=O)NCc1ccc(C2OC(CN3CCCC3CO)C(C)C(c3ccc(CO)cc3)O2)cc1. The predicted octanol–water partition coefficient (Wildman–Crippen LogP) is 8.52. The van der Waals surface area contributed by atoms with Gasteiger partial charge in [0, 0.05) is 37.0 Å². The molecular formula is C41H64N2O5. The van der Waals surface area contributed by atoms with Gasteiger partial charge in [-0.2, -0.15) is 0 Å². The summed E-state index contributed by atoms with van der Waals surface area (Å²) in [6.07, 6.45) is 18.9. The number of hydrogen-bond donors (Lipinski definition) is 3. The molecule has 0 aliphatic carbocycles. The normalized spacial score (nSPS) is 23.0. The molecule has 5 atom stereocenters. The van der Waals surface area contributed by atoms with E-state index in [4.69, 9.17) is 9.47 Å². The van der Waals surface area contributed by atoms with Crippen LogP contribution >= 0.6 is 0 Å². The standard InChI is InChI=1S/C41H64N2O5/c1-3-4-5-6-7-8-9-10-11-12-13-14-15-18-39(46)42-28-33-19-25-36(26-20-33)41-47-38(29-43-27-16-17-37(43)31-45)32(2)40(48-41)35-23-21-34(30-44)22-24-35/h19-26,32,37-38,40-41,44-45H,3-18,27-31H2,1-2H3,(H,42,46). The fraction of sp³-hybridized carbons (Fsp3) is 0.683. The van der Waals surface area contributed by atoms with Gasteiger partial charge in [-0.3, -0.25) is 9.69 Å². The largest absolute Gasteiger partial charge is 0.395 e. The number of amides is 1. The van der Waals surface area contributed by atoms with Gasteiger partial charge in [0.1, 0.15) is 0 Å². The Morgan fingerprint density at radius 1 is 0.792 bits per heavy atom. The van der Waals surface area contributed by atoms with E-state index in [2.05, 4.69) is 24.1 Å². The van der Waals surface area contributed by atoms with Gasteiger partial charge in [0.25, 0.3) is 0 Å². The van der Waals surface area contributed by atoms with Crippen LogP contribution in [0.2, 0.25) is 0 Å². The Bertz CT molecular complexity index is 1160. The summed E-state index contributed by atoms with van der Waals surface area (Å²) in [5.74, 6) is 0.224. The Balaban J connectivity index is 1.20. The van der Waals surface area contributed by atoms with E-state index in [1.165, 1.54) is 70.6 Å². The zero-order valence-electron chi connectivity index (χ0n) is 29.9. The molecule has 2 heterocycles. The molecule has 2 aromatic carbocycles. The summed E-state index contributed by atoms with van der Waals surface area (Å²) in [5.41, 5.74) is 3.95. The number of likely N-dealkylation sites (tertiary alicyclic amines) is 1. The molecule has 0 aromatic heterocycles. The van der Waals surface area contributed by atoms with Gasteiger partial charge in [-0.15, -0.1) is 0 Å². The maximum atomic E-state index is 12.5. The van der Waals surface area contributed by atoms with Gasteiger partial charge in [0.15, 0.2) is 6.29 Å². The number of carbonyl (C=O) groups excluding carboxylic acids is 1. The van der Waals surface area contributed by atoms with Crippen LogP contribution in [0.1, 0.15) is 151 Å². The lowest BCUT2D eigenvalue weighted by Crippen LogP contribution is -2.46.